The van der Waals surface area contributed by atoms with Gasteiger partial charge in [-0.25, -0.2) is 0 Å². The first-order valence-electron chi connectivity index (χ1n) is 5.24. The lowest BCUT2D eigenvalue weighted by Gasteiger charge is -2.32. The molecule has 7 heteroatoms. The summed E-state index contributed by atoms with van der Waals surface area (Å²) in [5.74, 6) is 0. The van der Waals surface area contributed by atoms with Crippen LogP contribution in [-0.2, 0) is 0 Å². The van der Waals surface area contributed by atoms with Crippen molar-refractivity contribution in [3.8, 4) is 0 Å². The molecule has 1 aliphatic heterocycles. The highest BCUT2D eigenvalue weighted by atomic mass is 79.9. The minimum absolute atomic E-state index is 0. The van der Waals surface area contributed by atoms with Gasteiger partial charge in [0, 0.05) is 35.5 Å². The molecule has 0 amide bonds. The highest BCUT2D eigenvalue weighted by Crippen LogP contribution is 2.37. The molecule has 1 aromatic heterocycles. The third kappa shape index (κ3) is 4.47. The van der Waals surface area contributed by atoms with Crippen LogP contribution in [0.2, 0.25) is 0 Å². The van der Waals surface area contributed by atoms with E-state index >= 15 is 0 Å². The van der Waals surface area contributed by atoms with Crippen molar-refractivity contribution in [1.82, 2.24) is 10.2 Å². The summed E-state index contributed by atoms with van der Waals surface area (Å²) in [5, 5.41) is 3.37. The minimum Gasteiger partial charge on any atom is -0.314 e. The normalized spacial score (nSPS) is 17.4. The van der Waals surface area contributed by atoms with Gasteiger partial charge in [-0.3, -0.25) is 4.90 Å². The Bertz CT molecular complexity index is 362. The third-order valence-electron chi connectivity index (χ3n) is 2.72. The van der Waals surface area contributed by atoms with Crippen LogP contribution in [0.4, 0.5) is 0 Å². The van der Waals surface area contributed by atoms with Crippen molar-refractivity contribution in [1.29, 1.82) is 0 Å². The fourth-order valence-electron chi connectivity index (χ4n) is 1.91. The number of thiophene rings is 1. The topological polar surface area (TPSA) is 15.3 Å². The molecule has 18 heavy (non-hydrogen) atoms. The Morgan fingerprint density at radius 3 is 2.39 bits per heavy atom. The molecule has 0 bridgehead atoms. The van der Waals surface area contributed by atoms with Crippen molar-refractivity contribution in [3.63, 3.8) is 0 Å². The smallest absolute Gasteiger partial charge is 0.0843 e. The van der Waals surface area contributed by atoms with Gasteiger partial charge in [0.1, 0.15) is 0 Å². The third-order valence-corrected chi connectivity index (χ3v) is 6.05. The van der Waals surface area contributed by atoms with E-state index in [1.165, 1.54) is 4.88 Å². The molecule has 2 heterocycles. The molecule has 1 saturated heterocycles. The van der Waals surface area contributed by atoms with Crippen LogP contribution in [0.1, 0.15) is 10.9 Å². The van der Waals surface area contributed by atoms with Crippen LogP contribution in [0.5, 0.6) is 0 Å². The number of halogens is 4. The minimum atomic E-state index is 0. The molecule has 1 aromatic rings. The fraction of sp³-hybridized carbons (Fsp3) is 0.455. The molecule has 0 saturated carbocycles. The van der Waals surface area contributed by atoms with Crippen LogP contribution in [0, 0.1) is 0 Å². The molecule has 1 atom stereocenters. The summed E-state index contributed by atoms with van der Waals surface area (Å²) in [5.41, 5.74) is 0. The van der Waals surface area contributed by atoms with Gasteiger partial charge in [0.2, 0.25) is 0 Å². The van der Waals surface area contributed by atoms with Crippen LogP contribution < -0.4 is 5.32 Å². The van der Waals surface area contributed by atoms with Crippen LogP contribution in [-0.4, -0.2) is 31.1 Å². The first-order valence-corrected chi connectivity index (χ1v) is 7.64. The molecule has 1 fully saturated rings. The molecule has 2 rings (SSSR count). The molecule has 0 aliphatic carbocycles. The molecule has 1 aliphatic rings. The second-order valence-electron chi connectivity index (χ2n) is 3.74. The van der Waals surface area contributed by atoms with Gasteiger partial charge in [0.05, 0.1) is 9.83 Å². The van der Waals surface area contributed by atoms with Crippen molar-refractivity contribution in [3.05, 3.63) is 31.9 Å². The number of hydrogen-bond acceptors (Lipinski definition) is 3. The Balaban J connectivity index is 0.00000144. The van der Waals surface area contributed by atoms with Crippen LogP contribution in [0.3, 0.4) is 0 Å². The van der Waals surface area contributed by atoms with E-state index in [2.05, 4.69) is 54.7 Å². The van der Waals surface area contributed by atoms with Crippen molar-refractivity contribution in [2.45, 2.75) is 6.04 Å². The predicted octanol–water partition coefficient (Wildman–Crippen LogP) is 4.25. The van der Waals surface area contributed by atoms with E-state index in [9.17, 15) is 0 Å². The lowest BCUT2D eigenvalue weighted by atomic mass is 10.2. The maximum absolute atomic E-state index is 3.97. The predicted molar refractivity (Wildman–Crippen MR) is 91.6 cm³/mol. The van der Waals surface area contributed by atoms with Crippen LogP contribution in [0.15, 0.2) is 27.0 Å². The van der Waals surface area contributed by atoms with E-state index in [4.69, 9.17) is 0 Å². The highest BCUT2D eigenvalue weighted by molar-refractivity contribution is 9.13. The number of piperazine rings is 1. The molecule has 0 spiro atoms. The Hall–Kier alpha value is 0.900. The Morgan fingerprint density at radius 2 is 1.94 bits per heavy atom. The average molecular weight is 439 g/mol. The van der Waals surface area contributed by atoms with Crippen molar-refractivity contribution in [2.75, 3.05) is 26.2 Å². The summed E-state index contributed by atoms with van der Waals surface area (Å²) in [4.78, 5) is 3.81. The number of nitrogens with one attached hydrogen (secondary N) is 1. The van der Waals surface area contributed by atoms with Gasteiger partial charge in [-0.1, -0.05) is 6.08 Å². The van der Waals surface area contributed by atoms with Gasteiger partial charge in [0.15, 0.2) is 0 Å². The summed E-state index contributed by atoms with van der Waals surface area (Å²) < 4.78 is 2.29. The fourth-order valence-corrected chi connectivity index (χ4v) is 4.14. The second-order valence-corrected chi connectivity index (χ2v) is 6.99. The standard InChI is InChI=1S/C11H14Br2N2S.2ClH/c1-2-9(15-5-3-14-4-6-15)10-7-8(12)11(13)16-10;;/h2,7,9,14H,1,3-6H2;2*1H/t9-;;/m0../s1. The molecule has 0 aromatic carbocycles. The van der Waals surface area contributed by atoms with E-state index in [1.807, 2.05) is 6.08 Å². The van der Waals surface area contributed by atoms with Crippen molar-refractivity contribution >= 4 is 68.0 Å². The highest BCUT2D eigenvalue weighted by Gasteiger charge is 2.21. The Kier molecular flexibility index (Phi) is 9.40. The largest absolute Gasteiger partial charge is 0.314 e. The van der Waals surface area contributed by atoms with Crippen LogP contribution >= 0.6 is 68.0 Å². The summed E-state index contributed by atoms with van der Waals surface area (Å²) in [7, 11) is 0. The Labute approximate surface area is 141 Å². The van der Waals surface area contributed by atoms with Gasteiger partial charge in [-0.05, 0) is 37.9 Å². The molecule has 0 radical (unpaired) electrons. The number of hydrogen-bond donors (Lipinski definition) is 1. The number of rotatable bonds is 3. The average Bonchev–Trinajstić information content (AvgIpc) is 2.61. The van der Waals surface area contributed by atoms with E-state index in [0.29, 0.717) is 6.04 Å². The van der Waals surface area contributed by atoms with Crippen molar-refractivity contribution < 1.29 is 0 Å². The maximum atomic E-state index is 3.97. The molecule has 0 unspecified atom stereocenters. The summed E-state index contributed by atoms with van der Waals surface area (Å²) in [6.45, 7) is 8.27. The van der Waals surface area contributed by atoms with Crippen LogP contribution in [0.25, 0.3) is 0 Å². The molecule has 104 valence electrons. The van der Waals surface area contributed by atoms with E-state index in [-0.39, 0.29) is 24.8 Å². The zero-order chi connectivity index (χ0) is 11.5. The first kappa shape index (κ1) is 18.9. The zero-order valence-corrected chi connectivity index (χ0v) is 15.3. The quantitative estimate of drug-likeness (QED) is 0.710. The van der Waals surface area contributed by atoms with Gasteiger partial charge in [0.25, 0.3) is 0 Å². The molecular formula is C11H16Br2Cl2N2S. The zero-order valence-electron chi connectivity index (χ0n) is 9.70. The van der Waals surface area contributed by atoms with Gasteiger partial charge in [-0.2, -0.15) is 0 Å². The Morgan fingerprint density at radius 1 is 1.33 bits per heavy atom. The number of nitrogens with zero attached hydrogens (tertiary/aromatic N) is 1. The molecule has 1 N–H and O–H groups in total. The first-order chi connectivity index (χ1) is 7.72. The SMILES string of the molecule is C=C[C@@H](c1cc(Br)c(Br)s1)N1CCNCC1.Cl.Cl. The lowest BCUT2D eigenvalue weighted by Crippen LogP contribution is -2.44. The molecular weight excluding hydrogens is 423 g/mol. The summed E-state index contributed by atoms with van der Waals surface area (Å²) in [6.07, 6.45) is 2.04. The van der Waals surface area contributed by atoms with Gasteiger partial charge < -0.3 is 5.32 Å². The monoisotopic (exact) mass is 436 g/mol. The lowest BCUT2D eigenvalue weighted by molar-refractivity contribution is 0.206. The van der Waals surface area contributed by atoms with Gasteiger partial charge in [-0.15, -0.1) is 42.7 Å². The summed E-state index contributed by atoms with van der Waals surface area (Å²) >= 11 is 8.86. The van der Waals surface area contributed by atoms with E-state index in [0.717, 1.165) is 34.4 Å². The van der Waals surface area contributed by atoms with E-state index < -0.39 is 0 Å². The molecule has 2 nitrogen and oxygen atoms in total. The van der Waals surface area contributed by atoms with Crippen molar-refractivity contribution in [2.24, 2.45) is 0 Å². The van der Waals surface area contributed by atoms with E-state index in [1.54, 1.807) is 11.3 Å². The second kappa shape index (κ2) is 8.95. The van der Waals surface area contributed by atoms with Gasteiger partial charge >= 0.3 is 0 Å². The maximum Gasteiger partial charge on any atom is 0.0843 e. The summed E-state index contributed by atoms with van der Waals surface area (Å²) in [6, 6.07) is 2.53.